The maximum absolute atomic E-state index is 12.8. The molecule has 0 radical (unpaired) electrons. The highest BCUT2D eigenvalue weighted by Crippen LogP contribution is 2.33. The third-order valence-electron chi connectivity index (χ3n) is 4.27. The van der Waals surface area contributed by atoms with Gasteiger partial charge in [-0.05, 0) is 25.8 Å². The number of hydrogen-bond donors (Lipinski definition) is 1. The monoisotopic (exact) mass is 274 g/mol. The van der Waals surface area contributed by atoms with E-state index in [0.717, 1.165) is 30.8 Å². The van der Waals surface area contributed by atoms with Crippen molar-refractivity contribution in [3.63, 3.8) is 0 Å². The Labute approximate surface area is 120 Å². The third kappa shape index (κ3) is 2.11. The molecule has 0 saturated carbocycles. The average molecular weight is 274 g/mol. The predicted molar refractivity (Wildman–Crippen MR) is 78.7 cm³/mol. The zero-order valence-electron chi connectivity index (χ0n) is 12.4. The molecule has 0 aliphatic carbocycles. The van der Waals surface area contributed by atoms with Crippen molar-refractivity contribution < 1.29 is 4.79 Å². The van der Waals surface area contributed by atoms with Gasteiger partial charge in [0.1, 0.15) is 6.04 Å². The molecule has 0 bridgehead atoms. The first-order chi connectivity index (χ1) is 9.49. The van der Waals surface area contributed by atoms with Crippen LogP contribution in [0.5, 0.6) is 0 Å². The molecule has 5 nitrogen and oxygen atoms in total. The van der Waals surface area contributed by atoms with E-state index in [4.69, 9.17) is 0 Å². The summed E-state index contributed by atoms with van der Waals surface area (Å²) in [4.78, 5) is 17.3. The number of hydrazine groups is 1. The van der Waals surface area contributed by atoms with E-state index in [9.17, 15) is 4.79 Å². The topological polar surface area (TPSA) is 47.9 Å². The zero-order chi connectivity index (χ0) is 14.3. The van der Waals surface area contributed by atoms with Gasteiger partial charge in [-0.3, -0.25) is 14.8 Å². The van der Waals surface area contributed by atoms with Crippen LogP contribution in [0.25, 0.3) is 0 Å². The molecule has 1 unspecified atom stereocenters. The Morgan fingerprint density at radius 3 is 2.95 bits per heavy atom. The van der Waals surface area contributed by atoms with Crippen LogP contribution < -0.4 is 5.32 Å². The molecule has 3 aliphatic heterocycles. The van der Waals surface area contributed by atoms with Gasteiger partial charge < -0.3 is 5.32 Å². The molecule has 1 N–H and O–H groups in total. The van der Waals surface area contributed by atoms with E-state index in [-0.39, 0.29) is 17.4 Å². The summed E-state index contributed by atoms with van der Waals surface area (Å²) in [6.07, 6.45) is 7.91. The number of fused-ring (bicyclic) bond motifs is 1. The quantitative estimate of drug-likeness (QED) is 0.791. The fourth-order valence-corrected chi connectivity index (χ4v) is 2.95. The van der Waals surface area contributed by atoms with E-state index in [2.05, 4.69) is 21.4 Å². The normalized spacial score (nSPS) is 28.6. The van der Waals surface area contributed by atoms with Gasteiger partial charge in [0.2, 0.25) is 5.91 Å². The van der Waals surface area contributed by atoms with Gasteiger partial charge in [0.15, 0.2) is 0 Å². The van der Waals surface area contributed by atoms with E-state index in [0.29, 0.717) is 6.54 Å². The minimum absolute atomic E-state index is 0.0447. The number of amides is 1. The second-order valence-electron chi connectivity index (χ2n) is 6.37. The van der Waals surface area contributed by atoms with Gasteiger partial charge in [-0.15, -0.1) is 0 Å². The van der Waals surface area contributed by atoms with Crippen LogP contribution in [-0.2, 0) is 4.79 Å². The van der Waals surface area contributed by atoms with Crippen molar-refractivity contribution in [1.82, 2.24) is 15.3 Å². The van der Waals surface area contributed by atoms with Crippen molar-refractivity contribution in [1.29, 1.82) is 0 Å². The number of aliphatic imine (C=N–C) groups is 1. The third-order valence-corrected chi connectivity index (χ3v) is 4.27. The highest BCUT2D eigenvalue weighted by atomic mass is 16.2. The lowest BCUT2D eigenvalue weighted by atomic mass is 9.86. The number of carbonyl (C=O) groups is 1. The molecule has 1 atom stereocenters. The highest BCUT2D eigenvalue weighted by molar-refractivity contribution is 5.98. The summed E-state index contributed by atoms with van der Waals surface area (Å²) in [5.74, 6) is 0.193. The summed E-state index contributed by atoms with van der Waals surface area (Å²) < 4.78 is 0. The van der Waals surface area contributed by atoms with Crippen LogP contribution in [0, 0.1) is 5.41 Å². The zero-order valence-corrected chi connectivity index (χ0v) is 12.4. The van der Waals surface area contributed by atoms with E-state index in [1.54, 1.807) is 0 Å². The lowest BCUT2D eigenvalue weighted by Crippen LogP contribution is -2.53. The summed E-state index contributed by atoms with van der Waals surface area (Å²) in [5, 5.41) is 7.24. The summed E-state index contributed by atoms with van der Waals surface area (Å²) in [6, 6.07) is -0.0447. The molecule has 3 heterocycles. The van der Waals surface area contributed by atoms with Gasteiger partial charge in [0, 0.05) is 30.1 Å². The van der Waals surface area contributed by atoms with Crippen LogP contribution in [-0.4, -0.2) is 40.8 Å². The molecule has 3 aliphatic rings. The molecule has 0 spiro atoms. The average Bonchev–Trinajstić information content (AvgIpc) is 2.77. The lowest BCUT2D eigenvalue weighted by molar-refractivity contribution is -0.150. The molecule has 0 aromatic rings. The van der Waals surface area contributed by atoms with E-state index in [1.165, 1.54) is 0 Å². The largest absolute Gasteiger partial charge is 0.382 e. The van der Waals surface area contributed by atoms with Gasteiger partial charge >= 0.3 is 0 Å². The first-order valence-electron chi connectivity index (χ1n) is 7.25. The van der Waals surface area contributed by atoms with Crippen LogP contribution >= 0.6 is 0 Å². The summed E-state index contributed by atoms with van der Waals surface area (Å²) >= 11 is 0. The predicted octanol–water partition coefficient (Wildman–Crippen LogP) is 1.65. The van der Waals surface area contributed by atoms with Gasteiger partial charge in [0.05, 0.1) is 12.3 Å². The van der Waals surface area contributed by atoms with Gasteiger partial charge in [-0.2, -0.15) is 0 Å². The van der Waals surface area contributed by atoms with Crippen LogP contribution in [0.15, 0.2) is 29.2 Å². The van der Waals surface area contributed by atoms with Crippen LogP contribution in [0.3, 0.4) is 0 Å². The molecular formula is C15H22N4O. The Morgan fingerprint density at radius 1 is 1.45 bits per heavy atom. The SMILES string of the molecule is CC1=CN=C(C2C=CN3CCCC(C)(C)C(=O)N23)CN1. The molecule has 0 aromatic heterocycles. The molecular weight excluding hydrogens is 252 g/mol. The van der Waals surface area contributed by atoms with Crippen molar-refractivity contribution in [2.45, 2.75) is 39.7 Å². The highest BCUT2D eigenvalue weighted by Gasteiger charge is 2.43. The van der Waals surface area contributed by atoms with Crippen LogP contribution in [0.4, 0.5) is 0 Å². The Bertz CT molecular complexity index is 518. The van der Waals surface area contributed by atoms with Crippen LogP contribution in [0.1, 0.15) is 33.6 Å². The Morgan fingerprint density at radius 2 is 2.25 bits per heavy atom. The summed E-state index contributed by atoms with van der Waals surface area (Å²) in [7, 11) is 0. The van der Waals surface area contributed by atoms with Gasteiger partial charge in [0.25, 0.3) is 0 Å². The van der Waals surface area contributed by atoms with Crippen molar-refractivity contribution >= 4 is 11.6 Å². The molecule has 3 rings (SSSR count). The minimum atomic E-state index is -0.298. The van der Waals surface area contributed by atoms with E-state index >= 15 is 0 Å². The summed E-state index contributed by atoms with van der Waals surface area (Å²) in [5.41, 5.74) is 1.77. The molecule has 108 valence electrons. The Balaban J connectivity index is 1.90. The molecule has 1 amide bonds. The number of nitrogens with one attached hydrogen (secondary N) is 1. The minimum Gasteiger partial charge on any atom is -0.382 e. The molecule has 1 saturated heterocycles. The van der Waals surface area contributed by atoms with Crippen molar-refractivity contribution in [2.75, 3.05) is 13.1 Å². The van der Waals surface area contributed by atoms with Crippen molar-refractivity contribution in [2.24, 2.45) is 10.4 Å². The first kappa shape index (κ1) is 13.2. The number of carbonyl (C=O) groups excluding carboxylic acids is 1. The van der Waals surface area contributed by atoms with Gasteiger partial charge in [-0.25, -0.2) is 5.01 Å². The second kappa shape index (κ2) is 4.65. The molecule has 0 aromatic carbocycles. The molecule has 5 heteroatoms. The van der Waals surface area contributed by atoms with Gasteiger partial charge in [-0.1, -0.05) is 13.8 Å². The second-order valence-corrected chi connectivity index (χ2v) is 6.37. The number of hydrogen-bond acceptors (Lipinski definition) is 4. The standard InChI is InChI=1S/C15H22N4O/c1-11-9-17-12(10-16-11)13-5-8-18-7-4-6-15(2,3)14(20)19(13)18/h5,8-9,13,16H,4,6-7,10H2,1-3H3. The van der Waals surface area contributed by atoms with E-state index < -0.39 is 0 Å². The maximum Gasteiger partial charge on any atom is 0.247 e. The van der Waals surface area contributed by atoms with Crippen molar-refractivity contribution in [3.8, 4) is 0 Å². The number of nitrogens with zero attached hydrogens (tertiary/aromatic N) is 3. The van der Waals surface area contributed by atoms with Crippen LogP contribution in [0.2, 0.25) is 0 Å². The molecule has 1 fully saturated rings. The fraction of sp³-hybridized carbons (Fsp3) is 0.600. The number of allylic oxidation sites excluding steroid dienone is 1. The number of rotatable bonds is 1. The fourth-order valence-electron chi connectivity index (χ4n) is 2.95. The van der Waals surface area contributed by atoms with Crippen molar-refractivity contribution in [3.05, 3.63) is 24.2 Å². The lowest BCUT2D eigenvalue weighted by Gasteiger charge is -2.36. The maximum atomic E-state index is 12.8. The smallest absolute Gasteiger partial charge is 0.247 e. The van der Waals surface area contributed by atoms with E-state index in [1.807, 2.05) is 38.2 Å². The Kier molecular flexibility index (Phi) is 3.07. The first-order valence-corrected chi connectivity index (χ1v) is 7.25. The Hall–Kier alpha value is -1.78. The summed E-state index contributed by atoms with van der Waals surface area (Å²) in [6.45, 7) is 7.68. The molecule has 20 heavy (non-hydrogen) atoms.